The summed E-state index contributed by atoms with van der Waals surface area (Å²) in [7, 11) is 0. The average Bonchev–Trinajstić information content (AvgIpc) is 2.76. The monoisotopic (exact) mass is 394 g/mol. The van der Waals surface area contributed by atoms with Gasteiger partial charge in [0.25, 0.3) is 0 Å². The predicted octanol–water partition coefficient (Wildman–Crippen LogP) is 2.63. The Kier molecular flexibility index (Phi) is 5.47. The number of piperidine rings is 2. The number of pyridine rings is 2. The molecule has 1 amide bonds. The van der Waals surface area contributed by atoms with Gasteiger partial charge in [0.2, 0.25) is 5.91 Å². The molecule has 0 aliphatic carbocycles. The molecule has 0 aromatic carbocycles. The van der Waals surface area contributed by atoms with E-state index in [0.717, 1.165) is 63.4 Å². The number of amides is 1. The summed E-state index contributed by atoms with van der Waals surface area (Å²) >= 11 is 0. The number of carbonyl (C=O) groups is 2. The van der Waals surface area contributed by atoms with Crippen LogP contribution in [0.2, 0.25) is 0 Å². The number of likely N-dealkylation sites (tertiary alicyclic amines) is 1. The normalized spacial score (nSPS) is 18.8. The fourth-order valence-corrected chi connectivity index (χ4v) is 4.42. The van der Waals surface area contributed by atoms with Crippen molar-refractivity contribution < 1.29 is 14.7 Å². The third-order valence-electron chi connectivity index (χ3n) is 6.26. The Labute approximate surface area is 170 Å². The molecule has 0 unspecified atom stereocenters. The van der Waals surface area contributed by atoms with E-state index in [4.69, 9.17) is 5.11 Å². The van der Waals surface area contributed by atoms with Crippen molar-refractivity contribution in [1.29, 1.82) is 0 Å². The molecule has 2 aromatic heterocycles. The lowest BCUT2D eigenvalue weighted by Crippen LogP contribution is -2.52. The highest BCUT2D eigenvalue weighted by Gasteiger charge is 2.41. The van der Waals surface area contributed by atoms with Crippen LogP contribution < -0.4 is 4.90 Å². The van der Waals surface area contributed by atoms with E-state index < -0.39 is 5.97 Å². The summed E-state index contributed by atoms with van der Waals surface area (Å²) in [6, 6.07) is 9.28. The summed E-state index contributed by atoms with van der Waals surface area (Å²) in [4.78, 5) is 36.4. The number of carboxylic acids is 1. The maximum Gasteiger partial charge on any atom is 0.337 e. The molecular weight excluding hydrogens is 368 g/mol. The molecule has 2 aliphatic rings. The van der Waals surface area contributed by atoms with Gasteiger partial charge in [0.1, 0.15) is 5.82 Å². The summed E-state index contributed by atoms with van der Waals surface area (Å²) in [5.41, 5.74) is 1.40. The zero-order valence-electron chi connectivity index (χ0n) is 16.5. The molecule has 2 fully saturated rings. The maximum atomic E-state index is 12.5. The molecule has 0 atom stereocenters. The molecule has 2 aliphatic heterocycles. The largest absolute Gasteiger partial charge is 0.478 e. The highest BCUT2D eigenvalue weighted by atomic mass is 16.4. The van der Waals surface area contributed by atoms with Gasteiger partial charge < -0.3 is 14.9 Å². The number of carbonyl (C=O) groups excluding carboxylic acids is 1. The molecule has 4 rings (SSSR count). The van der Waals surface area contributed by atoms with Crippen LogP contribution >= 0.6 is 0 Å². The fourth-order valence-electron chi connectivity index (χ4n) is 4.42. The van der Waals surface area contributed by atoms with Crippen LogP contribution in [0.25, 0.3) is 0 Å². The van der Waals surface area contributed by atoms with Crippen molar-refractivity contribution in [3.8, 4) is 0 Å². The van der Waals surface area contributed by atoms with Gasteiger partial charge in [0.15, 0.2) is 0 Å². The third-order valence-corrected chi connectivity index (χ3v) is 6.26. The van der Waals surface area contributed by atoms with Crippen LogP contribution in [0.15, 0.2) is 42.7 Å². The van der Waals surface area contributed by atoms with Crippen molar-refractivity contribution in [1.82, 2.24) is 14.9 Å². The van der Waals surface area contributed by atoms with Crippen molar-refractivity contribution in [2.45, 2.75) is 32.1 Å². The van der Waals surface area contributed by atoms with Crippen LogP contribution in [0.5, 0.6) is 0 Å². The minimum absolute atomic E-state index is 0.176. The molecule has 29 heavy (non-hydrogen) atoms. The minimum Gasteiger partial charge on any atom is -0.478 e. The number of hydrogen-bond donors (Lipinski definition) is 1. The van der Waals surface area contributed by atoms with Crippen molar-refractivity contribution in [3.05, 3.63) is 54.0 Å². The first-order valence-corrected chi connectivity index (χ1v) is 10.2. The van der Waals surface area contributed by atoms with Gasteiger partial charge in [0, 0.05) is 57.1 Å². The summed E-state index contributed by atoms with van der Waals surface area (Å²) < 4.78 is 0. The van der Waals surface area contributed by atoms with Crippen molar-refractivity contribution in [2.75, 3.05) is 31.1 Å². The summed E-state index contributed by atoms with van der Waals surface area (Å²) in [5, 5.41) is 9.03. The molecule has 0 saturated carbocycles. The van der Waals surface area contributed by atoms with Crippen LogP contribution in [-0.2, 0) is 11.2 Å². The Morgan fingerprint density at radius 1 is 1.10 bits per heavy atom. The van der Waals surface area contributed by atoms with Crippen LogP contribution in [0.3, 0.4) is 0 Å². The predicted molar refractivity (Wildman–Crippen MR) is 109 cm³/mol. The molecule has 2 aromatic rings. The first-order chi connectivity index (χ1) is 14.0. The number of carboxylic acid groups (broad SMARTS) is 1. The van der Waals surface area contributed by atoms with Crippen molar-refractivity contribution in [3.63, 3.8) is 0 Å². The van der Waals surface area contributed by atoms with Crippen molar-refractivity contribution in [2.24, 2.45) is 5.41 Å². The molecule has 1 N–H and O–H groups in total. The van der Waals surface area contributed by atoms with E-state index in [9.17, 15) is 9.59 Å². The zero-order chi connectivity index (χ0) is 20.3. The second kappa shape index (κ2) is 8.19. The van der Waals surface area contributed by atoms with E-state index in [1.807, 2.05) is 23.1 Å². The quantitative estimate of drug-likeness (QED) is 0.839. The molecular formula is C22H26N4O3. The molecule has 7 nitrogen and oxygen atoms in total. The molecule has 4 heterocycles. The van der Waals surface area contributed by atoms with Gasteiger partial charge >= 0.3 is 5.97 Å². The number of hydrogen-bond acceptors (Lipinski definition) is 5. The molecule has 2 saturated heterocycles. The SMILES string of the molecule is O=C(O)c1ccc(N2CCC3(CCC(=O)N(CCc4ccccn4)C3)CC2)nc1. The van der Waals surface area contributed by atoms with Crippen molar-refractivity contribution >= 4 is 17.7 Å². The average molecular weight is 394 g/mol. The zero-order valence-corrected chi connectivity index (χ0v) is 16.5. The lowest BCUT2D eigenvalue weighted by molar-refractivity contribution is -0.138. The number of nitrogens with zero attached hydrogens (tertiary/aromatic N) is 4. The Hall–Kier alpha value is -2.96. The second-order valence-corrected chi connectivity index (χ2v) is 8.08. The van der Waals surface area contributed by atoms with Gasteiger partial charge in [-0.2, -0.15) is 0 Å². The second-order valence-electron chi connectivity index (χ2n) is 8.08. The highest BCUT2D eigenvalue weighted by molar-refractivity contribution is 5.87. The Morgan fingerprint density at radius 2 is 1.93 bits per heavy atom. The van der Waals surface area contributed by atoms with Crippen LogP contribution in [0.1, 0.15) is 41.7 Å². The van der Waals surface area contributed by atoms with Crippen LogP contribution in [0, 0.1) is 5.41 Å². The number of aromatic nitrogens is 2. The number of anilines is 1. The van der Waals surface area contributed by atoms with E-state index in [2.05, 4.69) is 14.9 Å². The standard InChI is InChI=1S/C22H26N4O3/c27-20-6-8-22(16-26(20)12-7-18-3-1-2-11-23-18)9-13-25(14-10-22)19-5-4-17(15-24-19)21(28)29/h1-5,11,15H,6-10,12-14,16H2,(H,28,29). The van der Waals surface area contributed by atoms with Gasteiger partial charge in [-0.05, 0) is 48.9 Å². The van der Waals surface area contributed by atoms with Crippen LogP contribution in [0.4, 0.5) is 5.82 Å². The molecule has 152 valence electrons. The van der Waals surface area contributed by atoms with Gasteiger partial charge in [-0.3, -0.25) is 9.78 Å². The molecule has 1 spiro atoms. The topological polar surface area (TPSA) is 86.6 Å². The van der Waals surface area contributed by atoms with Crippen LogP contribution in [-0.4, -0.2) is 58.0 Å². The lowest BCUT2D eigenvalue weighted by atomic mass is 9.72. The molecule has 0 bridgehead atoms. The Bertz CT molecular complexity index is 861. The maximum absolute atomic E-state index is 12.5. The Balaban J connectivity index is 1.35. The smallest absolute Gasteiger partial charge is 0.337 e. The van der Waals surface area contributed by atoms with Gasteiger partial charge in [-0.25, -0.2) is 9.78 Å². The van der Waals surface area contributed by atoms with Gasteiger partial charge in [0.05, 0.1) is 5.56 Å². The van der Waals surface area contributed by atoms with E-state index >= 15 is 0 Å². The first kappa shape index (κ1) is 19.4. The van der Waals surface area contributed by atoms with E-state index in [1.165, 1.54) is 6.20 Å². The highest BCUT2D eigenvalue weighted by Crippen LogP contribution is 2.41. The summed E-state index contributed by atoms with van der Waals surface area (Å²) in [6.45, 7) is 3.29. The summed E-state index contributed by atoms with van der Waals surface area (Å²) in [5.74, 6) is 0.114. The molecule has 0 radical (unpaired) electrons. The number of rotatable bonds is 5. The van der Waals surface area contributed by atoms with Gasteiger partial charge in [-0.15, -0.1) is 0 Å². The lowest BCUT2D eigenvalue weighted by Gasteiger charge is -2.47. The minimum atomic E-state index is -0.959. The van der Waals surface area contributed by atoms with Gasteiger partial charge in [-0.1, -0.05) is 6.07 Å². The Morgan fingerprint density at radius 3 is 2.59 bits per heavy atom. The van der Waals surface area contributed by atoms with E-state index in [0.29, 0.717) is 6.42 Å². The first-order valence-electron chi connectivity index (χ1n) is 10.2. The molecule has 7 heteroatoms. The summed E-state index contributed by atoms with van der Waals surface area (Å²) in [6.07, 6.45) is 7.60. The fraction of sp³-hybridized carbons (Fsp3) is 0.455. The van der Waals surface area contributed by atoms with E-state index in [-0.39, 0.29) is 16.9 Å². The van der Waals surface area contributed by atoms with E-state index in [1.54, 1.807) is 18.3 Å². The third kappa shape index (κ3) is 4.39. The number of aromatic carboxylic acids is 1.